The molecule has 0 amide bonds. The molecule has 0 N–H and O–H groups in total. The van der Waals surface area contributed by atoms with E-state index in [4.69, 9.17) is 4.74 Å². The van der Waals surface area contributed by atoms with Crippen molar-refractivity contribution < 1.29 is 9.53 Å². The Morgan fingerprint density at radius 1 is 1.00 bits per heavy atom. The summed E-state index contributed by atoms with van der Waals surface area (Å²) in [6, 6.07) is 17.2. The molecule has 0 atom stereocenters. The SMILES string of the molecule is Cc1nc2ccccc2nc1COC(=O)/C=C/c1ccccc1. The van der Waals surface area contributed by atoms with Crippen molar-refractivity contribution in [3.63, 3.8) is 0 Å². The molecule has 1 aromatic heterocycles. The standard InChI is InChI=1S/C19H16N2O2/c1-14-18(21-17-10-6-5-9-16(17)20-14)13-23-19(22)12-11-15-7-3-2-4-8-15/h2-12H,13H2,1H3/b12-11+. The van der Waals surface area contributed by atoms with Gasteiger partial charge in [-0.25, -0.2) is 14.8 Å². The van der Waals surface area contributed by atoms with Crippen molar-refractivity contribution in [3.8, 4) is 0 Å². The van der Waals surface area contributed by atoms with Crippen LogP contribution in [0.2, 0.25) is 0 Å². The zero-order valence-corrected chi connectivity index (χ0v) is 12.8. The molecule has 0 aliphatic heterocycles. The first-order valence-electron chi connectivity index (χ1n) is 7.34. The van der Waals surface area contributed by atoms with Gasteiger partial charge < -0.3 is 4.74 Å². The van der Waals surface area contributed by atoms with Crippen LogP contribution in [0.25, 0.3) is 17.1 Å². The molecule has 0 radical (unpaired) electrons. The first kappa shape index (κ1) is 14.9. The van der Waals surface area contributed by atoms with Gasteiger partial charge in [0.25, 0.3) is 0 Å². The lowest BCUT2D eigenvalue weighted by atomic mass is 10.2. The number of carbonyl (C=O) groups is 1. The van der Waals surface area contributed by atoms with Gasteiger partial charge in [0.15, 0.2) is 0 Å². The summed E-state index contributed by atoms with van der Waals surface area (Å²) >= 11 is 0. The van der Waals surface area contributed by atoms with Crippen molar-refractivity contribution in [1.29, 1.82) is 0 Å². The summed E-state index contributed by atoms with van der Waals surface area (Å²) in [5, 5.41) is 0. The monoisotopic (exact) mass is 304 g/mol. The minimum atomic E-state index is -0.400. The second-order valence-corrected chi connectivity index (χ2v) is 5.10. The molecule has 0 spiro atoms. The molecular formula is C19H16N2O2. The number of esters is 1. The second-order valence-electron chi connectivity index (χ2n) is 5.10. The molecule has 0 aliphatic rings. The van der Waals surface area contributed by atoms with Gasteiger partial charge in [0.1, 0.15) is 6.61 Å². The molecule has 3 aromatic rings. The minimum absolute atomic E-state index is 0.113. The van der Waals surface area contributed by atoms with Crippen LogP contribution < -0.4 is 0 Å². The molecule has 4 nitrogen and oxygen atoms in total. The molecule has 0 unspecified atom stereocenters. The second kappa shape index (κ2) is 6.83. The molecule has 0 saturated heterocycles. The van der Waals surface area contributed by atoms with Crippen LogP contribution in [-0.4, -0.2) is 15.9 Å². The van der Waals surface area contributed by atoms with Crippen LogP contribution in [0.5, 0.6) is 0 Å². The van der Waals surface area contributed by atoms with Gasteiger partial charge in [-0.2, -0.15) is 0 Å². The third kappa shape index (κ3) is 3.80. The number of aromatic nitrogens is 2. The summed E-state index contributed by atoms with van der Waals surface area (Å²) in [4.78, 5) is 20.8. The molecule has 2 aromatic carbocycles. The normalized spacial score (nSPS) is 11.0. The fraction of sp³-hybridized carbons (Fsp3) is 0.105. The van der Waals surface area contributed by atoms with E-state index in [2.05, 4.69) is 9.97 Å². The van der Waals surface area contributed by atoms with E-state index in [1.165, 1.54) is 6.08 Å². The molecule has 1 heterocycles. The van der Waals surface area contributed by atoms with Crippen molar-refractivity contribution in [2.75, 3.05) is 0 Å². The molecule has 0 bridgehead atoms. The highest BCUT2D eigenvalue weighted by Crippen LogP contribution is 2.13. The minimum Gasteiger partial charge on any atom is -0.456 e. The summed E-state index contributed by atoms with van der Waals surface area (Å²) in [5.74, 6) is -0.400. The summed E-state index contributed by atoms with van der Waals surface area (Å²) < 4.78 is 5.25. The van der Waals surface area contributed by atoms with Gasteiger partial charge in [-0.05, 0) is 30.7 Å². The van der Waals surface area contributed by atoms with Crippen LogP contribution in [0, 0.1) is 6.92 Å². The van der Waals surface area contributed by atoms with E-state index in [1.54, 1.807) is 6.08 Å². The molecule has 0 aliphatic carbocycles. The number of rotatable bonds is 4. The van der Waals surface area contributed by atoms with Crippen LogP contribution >= 0.6 is 0 Å². The maximum atomic E-state index is 11.8. The fourth-order valence-corrected chi connectivity index (χ4v) is 2.18. The highest BCUT2D eigenvalue weighted by atomic mass is 16.5. The van der Waals surface area contributed by atoms with Gasteiger partial charge in [0, 0.05) is 6.08 Å². The molecule has 4 heteroatoms. The van der Waals surface area contributed by atoms with E-state index >= 15 is 0 Å². The first-order chi connectivity index (χ1) is 11.2. The van der Waals surface area contributed by atoms with E-state index in [1.807, 2.05) is 61.5 Å². The maximum Gasteiger partial charge on any atom is 0.331 e. The summed E-state index contributed by atoms with van der Waals surface area (Å²) in [6.45, 7) is 1.98. The molecule has 0 fully saturated rings. The highest BCUT2D eigenvalue weighted by molar-refractivity contribution is 5.87. The maximum absolute atomic E-state index is 11.8. The Bertz CT molecular complexity index is 858. The quantitative estimate of drug-likeness (QED) is 0.545. The summed E-state index contributed by atoms with van der Waals surface area (Å²) in [5.41, 5.74) is 4.02. The lowest BCUT2D eigenvalue weighted by Gasteiger charge is -2.06. The highest BCUT2D eigenvalue weighted by Gasteiger charge is 2.07. The van der Waals surface area contributed by atoms with Crippen LogP contribution in [-0.2, 0) is 16.1 Å². The predicted molar refractivity (Wildman–Crippen MR) is 89.5 cm³/mol. The van der Waals surface area contributed by atoms with E-state index in [0.717, 1.165) is 22.3 Å². The third-order valence-corrected chi connectivity index (χ3v) is 3.41. The van der Waals surface area contributed by atoms with Crippen molar-refractivity contribution in [3.05, 3.63) is 77.6 Å². The lowest BCUT2D eigenvalue weighted by molar-refractivity contribution is -0.139. The van der Waals surface area contributed by atoms with Gasteiger partial charge in [-0.3, -0.25) is 0 Å². The third-order valence-electron chi connectivity index (χ3n) is 3.41. The van der Waals surface area contributed by atoms with Crippen molar-refractivity contribution in [1.82, 2.24) is 9.97 Å². The topological polar surface area (TPSA) is 52.1 Å². The Morgan fingerprint density at radius 2 is 1.65 bits per heavy atom. The zero-order chi connectivity index (χ0) is 16.1. The Morgan fingerprint density at radius 3 is 2.39 bits per heavy atom. The van der Waals surface area contributed by atoms with E-state index in [-0.39, 0.29) is 6.61 Å². The lowest BCUT2D eigenvalue weighted by Crippen LogP contribution is -2.05. The number of benzene rings is 2. The summed E-state index contributed by atoms with van der Waals surface area (Å²) in [7, 11) is 0. The molecule has 23 heavy (non-hydrogen) atoms. The average Bonchev–Trinajstić information content (AvgIpc) is 2.59. The van der Waals surface area contributed by atoms with Crippen LogP contribution in [0.1, 0.15) is 17.0 Å². The van der Waals surface area contributed by atoms with Crippen LogP contribution in [0.15, 0.2) is 60.7 Å². The molecular weight excluding hydrogens is 288 g/mol. The number of fused-ring (bicyclic) bond motifs is 1. The predicted octanol–water partition coefficient (Wildman–Crippen LogP) is 3.69. The van der Waals surface area contributed by atoms with Crippen molar-refractivity contribution in [2.45, 2.75) is 13.5 Å². The van der Waals surface area contributed by atoms with Gasteiger partial charge in [0.05, 0.1) is 22.4 Å². The number of aryl methyl sites for hydroxylation is 1. The smallest absolute Gasteiger partial charge is 0.331 e. The number of para-hydroxylation sites is 2. The van der Waals surface area contributed by atoms with Gasteiger partial charge in [0.2, 0.25) is 0 Å². The molecule has 0 saturated carbocycles. The number of hydrogen-bond acceptors (Lipinski definition) is 4. The Balaban J connectivity index is 1.67. The molecule has 114 valence electrons. The van der Waals surface area contributed by atoms with Gasteiger partial charge >= 0.3 is 5.97 Å². The fourth-order valence-electron chi connectivity index (χ4n) is 2.18. The number of nitrogens with zero attached hydrogens (tertiary/aromatic N) is 2. The number of hydrogen-bond donors (Lipinski definition) is 0. The van der Waals surface area contributed by atoms with Gasteiger partial charge in [-0.15, -0.1) is 0 Å². The number of ether oxygens (including phenoxy) is 1. The van der Waals surface area contributed by atoms with Crippen molar-refractivity contribution in [2.24, 2.45) is 0 Å². The Hall–Kier alpha value is -3.01. The zero-order valence-electron chi connectivity index (χ0n) is 12.8. The largest absolute Gasteiger partial charge is 0.456 e. The number of carbonyl (C=O) groups excluding carboxylic acids is 1. The van der Waals surface area contributed by atoms with Crippen LogP contribution in [0.3, 0.4) is 0 Å². The van der Waals surface area contributed by atoms with Gasteiger partial charge in [-0.1, -0.05) is 42.5 Å². The van der Waals surface area contributed by atoms with Crippen LogP contribution in [0.4, 0.5) is 0 Å². The molecule has 3 rings (SSSR count). The van der Waals surface area contributed by atoms with E-state index in [0.29, 0.717) is 5.69 Å². The Labute approximate surface area is 134 Å². The van der Waals surface area contributed by atoms with E-state index < -0.39 is 5.97 Å². The summed E-state index contributed by atoms with van der Waals surface area (Å²) in [6.07, 6.45) is 3.14. The Kier molecular flexibility index (Phi) is 4.43. The van der Waals surface area contributed by atoms with E-state index in [9.17, 15) is 4.79 Å². The van der Waals surface area contributed by atoms with Crippen molar-refractivity contribution >= 4 is 23.1 Å². The first-order valence-corrected chi connectivity index (χ1v) is 7.34. The average molecular weight is 304 g/mol.